The Labute approximate surface area is 282 Å². The van der Waals surface area contributed by atoms with E-state index in [4.69, 9.17) is 8.83 Å². The fraction of sp³-hybridized carbons (Fsp3) is 0. The van der Waals surface area contributed by atoms with Gasteiger partial charge in [-0.05, 0) is 65.0 Å². The Morgan fingerprint density at radius 1 is 0.347 bits per heavy atom. The molecule has 0 aliphatic heterocycles. The van der Waals surface area contributed by atoms with Gasteiger partial charge < -0.3 is 13.7 Å². The molecule has 0 saturated carbocycles. The van der Waals surface area contributed by atoms with Crippen molar-refractivity contribution in [3.8, 4) is 22.3 Å². The van der Waals surface area contributed by atoms with Gasteiger partial charge in [0.1, 0.15) is 22.3 Å². The summed E-state index contributed by atoms with van der Waals surface area (Å²) >= 11 is 0. The Kier molecular flexibility index (Phi) is 6.18. The molecule has 2 heterocycles. The average Bonchev–Trinajstić information content (AvgIpc) is 3.74. The first kappa shape index (κ1) is 27.5. The normalized spacial score (nSPS) is 11.7. The quantitative estimate of drug-likeness (QED) is 0.190. The monoisotopic (exact) mass is 627 g/mol. The van der Waals surface area contributed by atoms with Crippen LogP contribution in [-0.2, 0) is 0 Å². The number of benzene rings is 8. The van der Waals surface area contributed by atoms with Gasteiger partial charge in [0.05, 0.1) is 11.4 Å². The average molecular weight is 628 g/mol. The van der Waals surface area contributed by atoms with Crippen LogP contribution in [-0.4, -0.2) is 0 Å². The van der Waals surface area contributed by atoms with E-state index in [1.807, 2.05) is 24.3 Å². The minimum absolute atomic E-state index is 0.893. The van der Waals surface area contributed by atoms with Gasteiger partial charge in [0.2, 0.25) is 0 Å². The second kappa shape index (κ2) is 11.0. The molecule has 0 bridgehead atoms. The molecule has 0 atom stereocenters. The lowest BCUT2D eigenvalue weighted by atomic mass is 9.98. The predicted molar refractivity (Wildman–Crippen MR) is 204 cm³/mol. The van der Waals surface area contributed by atoms with Crippen molar-refractivity contribution < 1.29 is 8.83 Å². The highest BCUT2D eigenvalue weighted by Crippen LogP contribution is 2.46. The first-order chi connectivity index (χ1) is 24.3. The second-order valence-electron chi connectivity index (χ2n) is 12.5. The summed E-state index contributed by atoms with van der Waals surface area (Å²) in [4.78, 5) is 2.38. The van der Waals surface area contributed by atoms with E-state index < -0.39 is 0 Å². The lowest BCUT2D eigenvalue weighted by molar-refractivity contribution is 0.669. The first-order valence-electron chi connectivity index (χ1n) is 16.6. The molecule has 0 spiro atoms. The van der Waals surface area contributed by atoms with Crippen molar-refractivity contribution in [1.82, 2.24) is 0 Å². The largest absolute Gasteiger partial charge is 0.456 e. The Hall–Kier alpha value is -6.58. The van der Waals surface area contributed by atoms with Gasteiger partial charge in [-0.2, -0.15) is 0 Å². The number of hydrogen-bond acceptors (Lipinski definition) is 3. The van der Waals surface area contributed by atoms with Gasteiger partial charge in [-0.3, -0.25) is 0 Å². The van der Waals surface area contributed by atoms with Crippen LogP contribution in [0.5, 0.6) is 0 Å². The standard InChI is InChI=1S/C46H29NO2/c1-2-13-34-31(11-1)12-9-20-41(34)47(33-26-23-30(24-27-33)32-25-28-38-36-15-4-7-21-43(36)48-45(38)29-32)42-19-6-3-14-35(42)39-17-10-18-40-37-16-5-8-22-44(37)49-46(39)40/h1-29H. The van der Waals surface area contributed by atoms with Gasteiger partial charge in [-0.25, -0.2) is 0 Å². The molecule has 3 heteroatoms. The first-order valence-corrected chi connectivity index (χ1v) is 16.6. The van der Waals surface area contributed by atoms with Gasteiger partial charge in [-0.15, -0.1) is 0 Å². The van der Waals surface area contributed by atoms with Crippen molar-refractivity contribution in [1.29, 1.82) is 0 Å². The molecule has 0 unspecified atom stereocenters. The summed E-state index contributed by atoms with van der Waals surface area (Å²) in [5, 5.41) is 6.89. The fourth-order valence-corrected chi connectivity index (χ4v) is 7.38. The van der Waals surface area contributed by atoms with Gasteiger partial charge in [0.25, 0.3) is 0 Å². The van der Waals surface area contributed by atoms with E-state index in [0.717, 1.165) is 83.2 Å². The van der Waals surface area contributed by atoms with Crippen molar-refractivity contribution in [3.05, 3.63) is 176 Å². The van der Waals surface area contributed by atoms with Crippen LogP contribution < -0.4 is 4.90 Å². The van der Waals surface area contributed by atoms with Crippen molar-refractivity contribution in [2.75, 3.05) is 4.90 Å². The number of anilines is 3. The van der Waals surface area contributed by atoms with E-state index in [9.17, 15) is 0 Å². The van der Waals surface area contributed by atoms with Crippen molar-refractivity contribution in [2.24, 2.45) is 0 Å². The maximum Gasteiger partial charge on any atom is 0.143 e. The highest BCUT2D eigenvalue weighted by Gasteiger charge is 2.21. The molecular weight excluding hydrogens is 599 g/mol. The van der Waals surface area contributed by atoms with Crippen LogP contribution in [0.4, 0.5) is 17.1 Å². The van der Waals surface area contributed by atoms with Crippen LogP contribution in [0.2, 0.25) is 0 Å². The molecule has 0 N–H and O–H groups in total. The summed E-state index contributed by atoms with van der Waals surface area (Å²) < 4.78 is 12.8. The zero-order valence-corrected chi connectivity index (χ0v) is 26.5. The molecule has 2 aromatic heterocycles. The van der Waals surface area contributed by atoms with E-state index in [1.54, 1.807) is 0 Å². The Morgan fingerprint density at radius 3 is 1.78 bits per heavy atom. The molecular formula is C46H29NO2. The SMILES string of the molecule is c1ccc(N(c2ccc(-c3ccc4c(c3)oc3ccccc34)cc2)c2cccc3ccccc23)c(-c2cccc3c2oc2ccccc23)c1. The summed E-state index contributed by atoms with van der Waals surface area (Å²) in [6.45, 7) is 0. The molecule has 49 heavy (non-hydrogen) atoms. The Balaban J connectivity index is 1.15. The van der Waals surface area contributed by atoms with Crippen LogP contribution in [0.25, 0.3) is 76.9 Å². The Bertz CT molecular complexity index is 2830. The summed E-state index contributed by atoms with van der Waals surface area (Å²) in [6.07, 6.45) is 0. The highest BCUT2D eigenvalue weighted by atomic mass is 16.3. The number of nitrogens with zero attached hydrogens (tertiary/aromatic N) is 1. The van der Waals surface area contributed by atoms with Crippen LogP contribution in [0.1, 0.15) is 0 Å². The zero-order valence-electron chi connectivity index (χ0n) is 26.5. The van der Waals surface area contributed by atoms with Gasteiger partial charge >= 0.3 is 0 Å². The van der Waals surface area contributed by atoms with Crippen LogP contribution in [0, 0.1) is 0 Å². The minimum Gasteiger partial charge on any atom is -0.456 e. The molecule has 8 aromatic carbocycles. The fourth-order valence-electron chi connectivity index (χ4n) is 7.38. The zero-order chi connectivity index (χ0) is 32.3. The van der Waals surface area contributed by atoms with Crippen molar-refractivity contribution >= 4 is 71.7 Å². The second-order valence-corrected chi connectivity index (χ2v) is 12.5. The van der Waals surface area contributed by atoms with Gasteiger partial charge in [-0.1, -0.05) is 127 Å². The minimum atomic E-state index is 0.893. The molecule has 0 radical (unpaired) electrons. The van der Waals surface area contributed by atoms with Crippen LogP contribution in [0.3, 0.4) is 0 Å². The molecule has 3 nitrogen and oxygen atoms in total. The maximum absolute atomic E-state index is 6.54. The summed E-state index contributed by atoms with van der Waals surface area (Å²) in [7, 11) is 0. The molecule has 230 valence electrons. The van der Waals surface area contributed by atoms with Crippen molar-refractivity contribution in [2.45, 2.75) is 0 Å². The predicted octanol–water partition coefficient (Wildman–Crippen LogP) is 13.4. The molecule has 0 saturated heterocycles. The van der Waals surface area contributed by atoms with Crippen molar-refractivity contribution in [3.63, 3.8) is 0 Å². The molecule has 0 aliphatic carbocycles. The van der Waals surface area contributed by atoms with Crippen LogP contribution in [0.15, 0.2) is 185 Å². The summed E-state index contributed by atoms with van der Waals surface area (Å²) in [6, 6.07) is 62.1. The molecule has 0 fully saturated rings. The molecule has 0 amide bonds. The van der Waals surface area contributed by atoms with Crippen LogP contribution >= 0.6 is 0 Å². The van der Waals surface area contributed by atoms with E-state index in [0.29, 0.717) is 0 Å². The third-order valence-electron chi connectivity index (χ3n) is 9.68. The molecule has 10 aromatic rings. The number of fused-ring (bicyclic) bond motifs is 7. The Morgan fingerprint density at radius 2 is 0.918 bits per heavy atom. The maximum atomic E-state index is 6.54. The molecule has 0 aliphatic rings. The van der Waals surface area contributed by atoms with E-state index in [1.165, 1.54) is 10.8 Å². The number of furan rings is 2. The summed E-state index contributed by atoms with van der Waals surface area (Å²) in [5.41, 5.74) is 11.2. The smallest absolute Gasteiger partial charge is 0.143 e. The van der Waals surface area contributed by atoms with E-state index >= 15 is 0 Å². The number of hydrogen-bond donors (Lipinski definition) is 0. The third kappa shape index (κ3) is 4.44. The number of rotatable bonds is 5. The molecule has 10 rings (SSSR count). The lowest BCUT2D eigenvalue weighted by Gasteiger charge is -2.29. The van der Waals surface area contributed by atoms with Gasteiger partial charge in [0, 0.05) is 43.7 Å². The topological polar surface area (TPSA) is 29.5 Å². The van der Waals surface area contributed by atoms with E-state index in [-0.39, 0.29) is 0 Å². The lowest BCUT2D eigenvalue weighted by Crippen LogP contribution is -2.11. The highest BCUT2D eigenvalue weighted by molar-refractivity contribution is 6.11. The summed E-state index contributed by atoms with van der Waals surface area (Å²) in [5.74, 6) is 0. The van der Waals surface area contributed by atoms with Gasteiger partial charge in [0.15, 0.2) is 0 Å². The number of para-hydroxylation sites is 4. The third-order valence-corrected chi connectivity index (χ3v) is 9.68. The van der Waals surface area contributed by atoms with E-state index in [2.05, 4.69) is 157 Å².